The number of hydrogen-bond acceptors (Lipinski definition) is 2. The molecule has 2 saturated carbocycles. The molecule has 0 spiro atoms. The Morgan fingerprint density at radius 3 is 2.61 bits per heavy atom. The second kappa shape index (κ2) is 7.49. The standard InChI is InChI=1S/C29H34O2/c1-4-15-29(31)16-14-26-24-12-10-21-17-22(30)11-13-23(21)27(24)25(18-28(26,29)3)20-8-6-19(5-2)7-9-20/h6-9,17,24-26,31H,5,10-14,16,18H2,1-3H3/t24-,25+,26-,28-,29-/m0/s1. The van der Waals surface area contributed by atoms with Gasteiger partial charge in [0.25, 0.3) is 0 Å². The third kappa shape index (κ3) is 3.08. The highest BCUT2D eigenvalue weighted by Crippen LogP contribution is 2.66. The van der Waals surface area contributed by atoms with Crippen molar-refractivity contribution in [1.82, 2.24) is 0 Å². The number of rotatable bonds is 2. The van der Waals surface area contributed by atoms with Crippen molar-refractivity contribution < 1.29 is 9.90 Å². The van der Waals surface area contributed by atoms with Gasteiger partial charge in [-0.25, -0.2) is 0 Å². The smallest absolute Gasteiger partial charge is 0.156 e. The molecule has 4 aliphatic carbocycles. The molecule has 31 heavy (non-hydrogen) atoms. The van der Waals surface area contributed by atoms with Gasteiger partial charge in [-0.05, 0) is 92.1 Å². The van der Waals surface area contributed by atoms with Crippen molar-refractivity contribution in [1.29, 1.82) is 0 Å². The molecule has 0 heterocycles. The summed E-state index contributed by atoms with van der Waals surface area (Å²) in [5, 5.41) is 11.7. The number of benzene rings is 1. The Labute approximate surface area is 186 Å². The highest BCUT2D eigenvalue weighted by atomic mass is 16.3. The van der Waals surface area contributed by atoms with Gasteiger partial charge in [0.05, 0.1) is 0 Å². The van der Waals surface area contributed by atoms with Gasteiger partial charge in [0.15, 0.2) is 5.78 Å². The summed E-state index contributed by atoms with van der Waals surface area (Å²) >= 11 is 0. The van der Waals surface area contributed by atoms with E-state index in [0.29, 0.717) is 24.2 Å². The fraction of sp³-hybridized carbons (Fsp3) is 0.552. The van der Waals surface area contributed by atoms with Crippen molar-refractivity contribution in [2.24, 2.45) is 17.3 Å². The van der Waals surface area contributed by atoms with Gasteiger partial charge in [0, 0.05) is 17.8 Å². The maximum Gasteiger partial charge on any atom is 0.156 e. The quantitative estimate of drug-likeness (QED) is 0.612. The molecule has 1 aromatic carbocycles. The van der Waals surface area contributed by atoms with Crippen molar-refractivity contribution in [3.8, 4) is 11.8 Å². The maximum absolute atomic E-state index is 12.1. The predicted molar refractivity (Wildman–Crippen MR) is 124 cm³/mol. The molecular formula is C29H34O2. The van der Waals surface area contributed by atoms with Crippen LogP contribution in [0, 0.1) is 29.1 Å². The van der Waals surface area contributed by atoms with Gasteiger partial charge in [0.1, 0.15) is 5.60 Å². The lowest BCUT2D eigenvalue weighted by Gasteiger charge is -2.53. The molecule has 0 aromatic heterocycles. The molecule has 162 valence electrons. The van der Waals surface area contributed by atoms with Gasteiger partial charge in [-0.3, -0.25) is 4.79 Å². The molecule has 0 radical (unpaired) electrons. The number of carbonyl (C=O) groups excluding carboxylic acids is 1. The first-order valence-electron chi connectivity index (χ1n) is 12.1. The van der Waals surface area contributed by atoms with E-state index in [0.717, 1.165) is 44.9 Å². The van der Waals surface area contributed by atoms with Gasteiger partial charge in [0.2, 0.25) is 0 Å². The molecule has 2 heteroatoms. The van der Waals surface area contributed by atoms with E-state index in [1.165, 1.54) is 22.3 Å². The summed E-state index contributed by atoms with van der Waals surface area (Å²) in [6.07, 6.45) is 9.36. The van der Waals surface area contributed by atoms with Crippen LogP contribution in [-0.4, -0.2) is 16.5 Å². The summed E-state index contributed by atoms with van der Waals surface area (Å²) in [6.45, 7) is 6.35. The van der Waals surface area contributed by atoms with Crippen LogP contribution in [0.1, 0.15) is 82.8 Å². The minimum atomic E-state index is -0.900. The van der Waals surface area contributed by atoms with Gasteiger partial charge in [-0.1, -0.05) is 49.6 Å². The topological polar surface area (TPSA) is 37.3 Å². The lowest BCUT2D eigenvalue weighted by molar-refractivity contribution is -0.114. The molecule has 2 fully saturated rings. The van der Waals surface area contributed by atoms with Crippen molar-refractivity contribution in [3.63, 3.8) is 0 Å². The zero-order chi connectivity index (χ0) is 21.8. The first kappa shape index (κ1) is 20.8. The largest absolute Gasteiger partial charge is 0.377 e. The normalized spacial score (nSPS) is 36.7. The second-order valence-corrected chi connectivity index (χ2v) is 10.4. The lowest BCUT2D eigenvalue weighted by Crippen LogP contribution is -2.51. The highest BCUT2D eigenvalue weighted by molar-refractivity contribution is 5.93. The second-order valence-electron chi connectivity index (χ2n) is 10.4. The third-order valence-electron chi connectivity index (χ3n) is 9.01. The number of fused-ring (bicyclic) bond motifs is 4. The first-order chi connectivity index (χ1) is 14.9. The molecule has 0 unspecified atom stereocenters. The highest BCUT2D eigenvalue weighted by Gasteiger charge is 2.62. The Balaban J connectivity index is 1.68. The van der Waals surface area contributed by atoms with Gasteiger partial charge >= 0.3 is 0 Å². The minimum Gasteiger partial charge on any atom is -0.377 e. The molecule has 0 bridgehead atoms. The molecule has 0 aliphatic heterocycles. The average Bonchev–Trinajstić information content (AvgIpc) is 3.03. The van der Waals surface area contributed by atoms with Crippen molar-refractivity contribution in [2.75, 3.05) is 0 Å². The molecule has 5 atom stereocenters. The Morgan fingerprint density at radius 2 is 1.90 bits per heavy atom. The summed E-state index contributed by atoms with van der Waals surface area (Å²) in [4.78, 5) is 12.1. The Bertz CT molecular complexity index is 1030. The monoisotopic (exact) mass is 414 g/mol. The van der Waals surface area contributed by atoms with E-state index in [1.54, 1.807) is 5.57 Å². The number of ketones is 1. The molecule has 5 rings (SSSR count). The zero-order valence-corrected chi connectivity index (χ0v) is 19.1. The predicted octanol–water partition coefficient (Wildman–Crippen LogP) is 5.90. The van der Waals surface area contributed by atoms with Crippen LogP contribution in [0.25, 0.3) is 0 Å². The van der Waals surface area contributed by atoms with Gasteiger partial charge in [-0.15, -0.1) is 5.92 Å². The van der Waals surface area contributed by atoms with E-state index in [1.807, 2.05) is 13.0 Å². The van der Waals surface area contributed by atoms with E-state index in [-0.39, 0.29) is 11.2 Å². The minimum absolute atomic E-state index is 0.204. The fourth-order valence-electron chi connectivity index (χ4n) is 7.36. The van der Waals surface area contributed by atoms with E-state index in [9.17, 15) is 9.90 Å². The van der Waals surface area contributed by atoms with Crippen LogP contribution in [0.3, 0.4) is 0 Å². The van der Waals surface area contributed by atoms with Crippen molar-refractivity contribution in [2.45, 2.75) is 83.7 Å². The SMILES string of the molecule is CC#C[C@]1(O)CC[C@H]2[C@@H]3CCC4=CC(=O)CCC4=C3[C@@H](c3ccc(CC)cc3)C[C@@]21C. The number of hydrogen-bond donors (Lipinski definition) is 1. The molecule has 0 amide bonds. The van der Waals surface area contributed by atoms with Gasteiger partial charge in [-0.2, -0.15) is 0 Å². The van der Waals surface area contributed by atoms with Crippen LogP contribution in [0.4, 0.5) is 0 Å². The fourth-order valence-corrected chi connectivity index (χ4v) is 7.36. The summed E-state index contributed by atoms with van der Waals surface area (Å²) in [5.74, 6) is 7.82. The van der Waals surface area contributed by atoms with Crippen LogP contribution in [0.15, 0.2) is 47.1 Å². The summed E-state index contributed by atoms with van der Waals surface area (Å²) in [5.41, 5.74) is 5.97. The first-order valence-corrected chi connectivity index (χ1v) is 12.1. The maximum atomic E-state index is 12.1. The Kier molecular flexibility index (Phi) is 5.02. The van der Waals surface area contributed by atoms with Crippen molar-refractivity contribution in [3.05, 3.63) is 58.2 Å². The average molecular weight is 415 g/mol. The van der Waals surface area contributed by atoms with Crippen molar-refractivity contribution >= 4 is 5.78 Å². The van der Waals surface area contributed by atoms with Crippen LogP contribution < -0.4 is 0 Å². The number of aliphatic hydroxyl groups is 1. The summed E-state index contributed by atoms with van der Waals surface area (Å²) < 4.78 is 0. The summed E-state index contributed by atoms with van der Waals surface area (Å²) in [7, 11) is 0. The van der Waals surface area contributed by atoms with Crippen LogP contribution >= 0.6 is 0 Å². The molecule has 4 aliphatic rings. The molecule has 1 N–H and O–H groups in total. The van der Waals surface area contributed by atoms with E-state index in [2.05, 4.69) is 50.0 Å². The third-order valence-corrected chi connectivity index (χ3v) is 9.01. The molecular weight excluding hydrogens is 380 g/mol. The van der Waals surface area contributed by atoms with E-state index in [4.69, 9.17) is 0 Å². The van der Waals surface area contributed by atoms with E-state index >= 15 is 0 Å². The number of carbonyl (C=O) groups is 1. The molecule has 0 saturated heterocycles. The Morgan fingerprint density at radius 1 is 1.13 bits per heavy atom. The number of aryl methyl sites for hydroxylation is 1. The van der Waals surface area contributed by atoms with Gasteiger partial charge < -0.3 is 5.11 Å². The zero-order valence-electron chi connectivity index (χ0n) is 19.1. The lowest BCUT2D eigenvalue weighted by atomic mass is 9.51. The van der Waals surface area contributed by atoms with Crippen LogP contribution in [0.2, 0.25) is 0 Å². The molecule has 1 aromatic rings. The summed E-state index contributed by atoms with van der Waals surface area (Å²) in [6, 6.07) is 9.15. The molecule has 2 nitrogen and oxygen atoms in total. The van der Waals surface area contributed by atoms with Crippen LogP contribution in [0.5, 0.6) is 0 Å². The Hall–Kier alpha value is -2.11. The van der Waals surface area contributed by atoms with Crippen LogP contribution in [-0.2, 0) is 11.2 Å². The van der Waals surface area contributed by atoms with E-state index < -0.39 is 5.60 Å². The number of allylic oxidation sites excluding steroid dienone is 4.